The van der Waals surface area contributed by atoms with Crippen LogP contribution in [-0.2, 0) is 22.6 Å². The maximum Gasteiger partial charge on any atom is 0.242 e. The second-order valence-electron chi connectivity index (χ2n) is 7.27. The van der Waals surface area contributed by atoms with Crippen molar-refractivity contribution in [2.75, 3.05) is 6.54 Å². The van der Waals surface area contributed by atoms with Gasteiger partial charge in [0.05, 0.1) is 6.42 Å². The molecule has 0 fully saturated rings. The number of hydrogen-bond acceptors (Lipinski definition) is 2. The van der Waals surface area contributed by atoms with Crippen molar-refractivity contribution in [3.05, 3.63) is 69.7 Å². The molecule has 0 aromatic heterocycles. The van der Waals surface area contributed by atoms with E-state index in [4.69, 9.17) is 23.2 Å². The highest BCUT2D eigenvalue weighted by atomic mass is 35.5. The molecule has 2 aromatic rings. The first-order valence-corrected chi connectivity index (χ1v) is 10.1. The van der Waals surface area contributed by atoms with Crippen molar-refractivity contribution in [2.24, 2.45) is 5.92 Å². The van der Waals surface area contributed by atoms with Crippen LogP contribution in [0.2, 0.25) is 10.0 Å². The van der Waals surface area contributed by atoms with E-state index in [1.807, 2.05) is 38.1 Å². The molecule has 0 unspecified atom stereocenters. The van der Waals surface area contributed by atoms with Gasteiger partial charge in [-0.25, -0.2) is 0 Å². The summed E-state index contributed by atoms with van der Waals surface area (Å²) in [6, 6.07) is 13.9. The predicted molar refractivity (Wildman–Crippen MR) is 114 cm³/mol. The van der Waals surface area contributed by atoms with E-state index in [2.05, 4.69) is 5.32 Å². The molecular weight excluding hydrogens is 395 g/mol. The summed E-state index contributed by atoms with van der Waals surface area (Å²) < 4.78 is 0. The van der Waals surface area contributed by atoms with Crippen molar-refractivity contribution < 1.29 is 9.59 Å². The molecule has 0 radical (unpaired) electrons. The summed E-state index contributed by atoms with van der Waals surface area (Å²) in [6.45, 7) is 6.70. The Morgan fingerprint density at radius 3 is 2.25 bits per heavy atom. The fourth-order valence-electron chi connectivity index (χ4n) is 2.74. The Labute approximate surface area is 176 Å². The lowest BCUT2D eigenvalue weighted by Gasteiger charge is -2.29. The minimum atomic E-state index is -0.596. The van der Waals surface area contributed by atoms with E-state index in [1.165, 1.54) is 0 Å². The Balaban J connectivity index is 2.19. The zero-order chi connectivity index (χ0) is 20.7. The van der Waals surface area contributed by atoms with E-state index in [-0.39, 0.29) is 18.2 Å². The zero-order valence-electron chi connectivity index (χ0n) is 16.4. The summed E-state index contributed by atoms with van der Waals surface area (Å²) in [5.41, 5.74) is 1.72. The van der Waals surface area contributed by atoms with Crippen molar-refractivity contribution in [1.82, 2.24) is 10.2 Å². The average molecular weight is 421 g/mol. The lowest BCUT2D eigenvalue weighted by atomic mass is 10.1. The van der Waals surface area contributed by atoms with Crippen LogP contribution < -0.4 is 5.32 Å². The second-order valence-corrected chi connectivity index (χ2v) is 8.14. The molecule has 0 bridgehead atoms. The fraction of sp³-hybridized carbons (Fsp3) is 0.364. The zero-order valence-corrected chi connectivity index (χ0v) is 17.9. The first-order valence-electron chi connectivity index (χ1n) is 9.32. The summed E-state index contributed by atoms with van der Waals surface area (Å²) in [5.74, 6) is 0.0366. The quantitative estimate of drug-likeness (QED) is 0.670. The van der Waals surface area contributed by atoms with Crippen LogP contribution in [0, 0.1) is 5.92 Å². The number of carbonyl (C=O) groups is 2. The number of benzene rings is 2. The Hall–Kier alpha value is -2.04. The summed E-state index contributed by atoms with van der Waals surface area (Å²) in [5, 5.41) is 4.12. The summed E-state index contributed by atoms with van der Waals surface area (Å²) >= 11 is 12.0. The van der Waals surface area contributed by atoms with Gasteiger partial charge in [-0.3, -0.25) is 9.59 Å². The largest absolute Gasteiger partial charge is 0.354 e. The normalized spacial score (nSPS) is 11.9. The molecule has 1 N–H and O–H groups in total. The molecule has 150 valence electrons. The smallest absolute Gasteiger partial charge is 0.242 e. The van der Waals surface area contributed by atoms with E-state index in [0.717, 1.165) is 11.1 Å². The van der Waals surface area contributed by atoms with Crippen LogP contribution in [0.1, 0.15) is 31.9 Å². The molecule has 0 aliphatic rings. The Kier molecular flexibility index (Phi) is 8.34. The number of nitrogens with zero attached hydrogens (tertiary/aromatic N) is 1. The van der Waals surface area contributed by atoms with Crippen LogP contribution in [0.4, 0.5) is 0 Å². The van der Waals surface area contributed by atoms with E-state index < -0.39 is 6.04 Å². The van der Waals surface area contributed by atoms with Crippen molar-refractivity contribution in [3.63, 3.8) is 0 Å². The van der Waals surface area contributed by atoms with Gasteiger partial charge in [-0.05, 0) is 48.2 Å². The van der Waals surface area contributed by atoms with Crippen molar-refractivity contribution in [3.8, 4) is 0 Å². The van der Waals surface area contributed by atoms with Crippen LogP contribution in [0.15, 0.2) is 48.5 Å². The van der Waals surface area contributed by atoms with Crippen molar-refractivity contribution in [2.45, 2.75) is 39.8 Å². The fourth-order valence-corrected chi connectivity index (χ4v) is 3.08. The van der Waals surface area contributed by atoms with Crippen LogP contribution in [0.5, 0.6) is 0 Å². The summed E-state index contributed by atoms with van der Waals surface area (Å²) in [6.07, 6.45) is 0.177. The lowest BCUT2D eigenvalue weighted by Crippen LogP contribution is -2.48. The highest BCUT2D eigenvalue weighted by Gasteiger charge is 2.26. The second kappa shape index (κ2) is 10.5. The number of rotatable bonds is 8. The standard InChI is InChI=1S/C22H26Cl2N2O2/c1-15(2)13-25-22(28)16(3)26(14-17-7-9-19(23)10-8-17)21(27)12-18-5-4-6-20(24)11-18/h4-11,15-16H,12-14H2,1-3H3,(H,25,28)/t16-/m1/s1. The van der Waals surface area contributed by atoms with E-state index in [1.54, 1.807) is 36.1 Å². The van der Waals surface area contributed by atoms with Crippen molar-refractivity contribution >= 4 is 35.0 Å². The van der Waals surface area contributed by atoms with E-state index >= 15 is 0 Å². The number of carbonyl (C=O) groups excluding carboxylic acids is 2. The summed E-state index contributed by atoms with van der Waals surface area (Å²) in [7, 11) is 0. The van der Waals surface area contributed by atoms with Gasteiger partial charge in [-0.2, -0.15) is 0 Å². The maximum absolute atomic E-state index is 13.1. The predicted octanol–water partition coefficient (Wildman–Crippen LogP) is 4.73. The molecule has 2 rings (SSSR count). The number of halogens is 2. The molecule has 0 saturated carbocycles. The van der Waals surface area contributed by atoms with Gasteiger partial charge in [0.2, 0.25) is 11.8 Å². The van der Waals surface area contributed by atoms with Crippen molar-refractivity contribution in [1.29, 1.82) is 0 Å². The SMILES string of the molecule is CC(C)CNC(=O)[C@@H](C)N(Cc1ccc(Cl)cc1)C(=O)Cc1cccc(Cl)c1. The van der Waals surface area contributed by atoms with Gasteiger partial charge in [-0.15, -0.1) is 0 Å². The molecule has 28 heavy (non-hydrogen) atoms. The lowest BCUT2D eigenvalue weighted by molar-refractivity contribution is -0.140. The molecule has 1 atom stereocenters. The molecule has 0 heterocycles. The number of hydrogen-bond donors (Lipinski definition) is 1. The highest BCUT2D eigenvalue weighted by Crippen LogP contribution is 2.17. The third-order valence-corrected chi connectivity index (χ3v) is 4.85. The average Bonchev–Trinajstić information content (AvgIpc) is 2.65. The molecule has 0 spiro atoms. The third-order valence-electron chi connectivity index (χ3n) is 4.36. The van der Waals surface area contributed by atoms with Crippen LogP contribution in [-0.4, -0.2) is 29.3 Å². The van der Waals surface area contributed by atoms with Gasteiger partial charge in [0.15, 0.2) is 0 Å². The molecule has 0 aliphatic carbocycles. The molecule has 6 heteroatoms. The van der Waals surface area contributed by atoms with Gasteiger partial charge < -0.3 is 10.2 Å². The third kappa shape index (κ3) is 6.84. The molecular formula is C22H26Cl2N2O2. The minimum Gasteiger partial charge on any atom is -0.354 e. The molecule has 0 saturated heterocycles. The van der Waals surface area contributed by atoms with Crippen LogP contribution >= 0.6 is 23.2 Å². The monoisotopic (exact) mass is 420 g/mol. The summed E-state index contributed by atoms with van der Waals surface area (Å²) in [4.78, 5) is 27.3. The molecule has 2 amide bonds. The van der Waals surface area contributed by atoms with Crippen LogP contribution in [0.3, 0.4) is 0 Å². The van der Waals surface area contributed by atoms with Gasteiger partial charge in [0.1, 0.15) is 6.04 Å². The highest BCUT2D eigenvalue weighted by molar-refractivity contribution is 6.30. The first-order chi connectivity index (χ1) is 13.3. The Morgan fingerprint density at radius 2 is 1.64 bits per heavy atom. The van der Waals surface area contributed by atoms with Gasteiger partial charge in [-0.1, -0.05) is 61.3 Å². The Bertz CT molecular complexity index is 806. The maximum atomic E-state index is 13.1. The molecule has 0 aliphatic heterocycles. The van der Waals surface area contributed by atoms with Gasteiger partial charge in [0.25, 0.3) is 0 Å². The number of amides is 2. The molecule has 4 nitrogen and oxygen atoms in total. The van der Waals surface area contributed by atoms with E-state index in [9.17, 15) is 9.59 Å². The minimum absolute atomic E-state index is 0.135. The van der Waals surface area contributed by atoms with Crippen LogP contribution in [0.25, 0.3) is 0 Å². The molecule has 2 aromatic carbocycles. The van der Waals surface area contributed by atoms with Gasteiger partial charge >= 0.3 is 0 Å². The topological polar surface area (TPSA) is 49.4 Å². The first kappa shape index (κ1) is 22.3. The number of nitrogens with one attached hydrogen (secondary N) is 1. The van der Waals surface area contributed by atoms with E-state index in [0.29, 0.717) is 29.1 Å². The Morgan fingerprint density at radius 1 is 0.964 bits per heavy atom. The van der Waals surface area contributed by atoms with Gasteiger partial charge in [0, 0.05) is 23.1 Å².